The van der Waals surface area contributed by atoms with Crippen molar-refractivity contribution in [2.75, 3.05) is 13.1 Å². The number of hydrogen-bond acceptors (Lipinski definition) is 3. The number of benzene rings is 2. The fourth-order valence-electron chi connectivity index (χ4n) is 3.58. The van der Waals surface area contributed by atoms with Crippen LogP contribution in [0.25, 0.3) is 0 Å². The van der Waals surface area contributed by atoms with Crippen molar-refractivity contribution in [3.8, 4) is 0 Å². The van der Waals surface area contributed by atoms with Crippen molar-refractivity contribution in [2.24, 2.45) is 0 Å². The highest BCUT2D eigenvalue weighted by molar-refractivity contribution is 7.99. The second kappa shape index (κ2) is 11.8. The smallest absolute Gasteiger partial charge is 0.224 e. The fraction of sp³-hybridized carbons (Fsp3) is 0.440. The molecule has 3 rings (SSSR count). The molecule has 1 aliphatic rings. The highest BCUT2D eigenvalue weighted by Gasteiger charge is 2.28. The summed E-state index contributed by atoms with van der Waals surface area (Å²) < 4.78 is 0. The molecular formula is C25H31NO2S. The highest BCUT2D eigenvalue weighted by Crippen LogP contribution is 2.25. The first-order valence-corrected chi connectivity index (χ1v) is 11.8. The third-order valence-electron chi connectivity index (χ3n) is 5.47. The van der Waals surface area contributed by atoms with Gasteiger partial charge in [0.25, 0.3) is 0 Å². The van der Waals surface area contributed by atoms with E-state index in [1.54, 1.807) is 16.7 Å². The van der Waals surface area contributed by atoms with Crippen LogP contribution in [0.2, 0.25) is 0 Å². The summed E-state index contributed by atoms with van der Waals surface area (Å²) >= 11 is 1.73. The summed E-state index contributed by atoms with van der Waals surface area (Å²) in [7, 11) is 0. The lowest BCUT2D eigenvalue weighted by molar-refractivity contribution is -0.143. The molecule has 29 heavy (non-hydrogen) atoms. The average Bonchev–Trinajstić information content (AvgIpc) is 2.76. The van der Waals surface area contributed by atoms with Crippen LogP contribution in [0.3, 0.4) is 0 Å². The Hall–Kier alpha value is -2.07. The molecule has 1 unspecified atom stereocenters. The van der Waals surface area contributed by atoms with Crippen LogP contribution in [0.4, 0.5) is 0 Å². The number of rotatable bonds is 13. The summed E-state index contributed by atoms with van der Waals surface area (Å²) in [6.07, 6.45) is 7.25. The lowest BCUT2D eigenvalue weighted by atomic mass is 10.0. The Morgan fingerprint density at radius 3 is 2.17 bits per heavy atom. The van der Waals surface area contributed by atoms with Crippen molar-refractivity contribution in [3.05, 3.63) is 71.8 Å². The van der Waals surface area contributed by atoms with Gasteiger partial charge in [-0.15, -0.1) is 11.8 Å². The third-order valence-corrected chi connectivity index (χ3v) is 6.87. The Balaban J connectivity index is 1.41. The Labute approximate surface area is 178 Å². The summed E-state index contributed by atoms with van der Waals surface area (Å²) in [5, 5.41) is -0.0160. The molecule has 0 saturated carbocycles. The predicted octanol–water partition coefficient (Wildman–Crippen LogP) is 5.28. The van der Waals surface area contributed by atoms with E-state index in [1.807, 2.05) is 18.2 Å². The van der Waals surface area contributed by atoms with Gasteiger partial charge >= 0.3 is 0 Å². The van der Waals surface area contributed by atoms with Crippen LogP contribution in [-0.4, -0.2) is 34.9 Å². The number of ketones is 1. The van der Waals surface area contributed by atoms with Crippen LogP contribution in [-0.2, 0) is 21.8 Å². The number of β-lactam (4-membered cyclic amide) rings is 1. The molecule has 2 aromatic rings. The van der Waals surface area contributed by atoms with Crippen LogP contribution in [0.1, 0.15) is 49.7 Å². The normalized spacial score (nSPS) is 14.5. The molecule has 1 amide bonds. The van der Waals surface area contributed by atoms with E-state index in [0.29, 0.717) is 13.0 Å². The monoisotopic (exact) mass is 409 g/mol. The molecule has 1 fully saturated rings. The van der Waals surface area contributed by atoms with Gasteiger partial charge in [-0.2, -0.15) is 0 Å². The molecule has 1 aliphatic heterocycles. The number of likely N-dealkylation sites (tertiary alicyclic amines) is 1. The zero-order chi connectivity index (χ0) is 20.3. The van der Waals surface area contributed by atoms with Crippen LogP contribution < -0.4 is 0 Å². The average molecular weight is 410 g/mol. The minimum absolute atomic E-state index is 0.0160. The van der Waals surface area contributed by atoms with Gasteiger partial charge in [-0.05, 0) is 30.4 Å². The Morgan fingerprint density at radius 1 is 0.897 bits per heavy atom. The van der Waals surface area contributed by atoms with Crippen LogP contribution in [0, 0.1) is 0 Å². The number of carbonyl (C=O) groups excluding carboxylic acids is 2. The number of nitrogens with zero attached hydrogens (tertiary/aromatic N) is 1. The van der Waals surface area contributed by atoms with Crippen LogP contribution >= 0.6 is 11.8 Å². The molecule has 0 radical (unpaired) electrons. The van der Waals surface area contributed by atoms with Crippen LogP contribution in [0.5, 0.6) is 0 Å². The first-order chi connectivity index (χ1) is 14.2. The van der Waals surface area contributed by atoms with E-state index in [0.717, 1.165) is 38.0 Å². The van der Waals surface area contributed by atoms with Gasteiger partial charge in [0.1, 0.15) is 0 Å². The lowest BCUT2D eigenvalue weighted by Gasteiger charge is -2.31. The molecule has 1 saturated heterocycles. The van der Waals surface area contributed by atoms with Gasteiger partial charge in [-0.3, -0.25) is 9.59 Å². The number of Topliss-reactive ketones (excluding diaryl/α,β-unsaturated/α-hetero) is 1. The van der Waals surface area contributed by atoms with Gasteiger partial charge < -0.3 is 4.90 Å². The summed E-state index contributed by atoms with van der Waals surface area (Å²) in [6, 6.07) is 20.9. The van der Waals surface area contributed by atoms with Gasteiger partial charge in [0.05, 0.1) is 11.8 Å². The van der Waals surface area contributed by atoms with Gasteiger partial charge in [0, 0.05) is 18.7 Å². The maximum Gasteiger partial charge on any atom is 0.224 e. The van der Waals surface area contributed by atoms with Gasteiger partial charge in [-0.1, -0.05) is 79.9 Å². The number of carbonyl (C=O) groups is 2. The molecule has 4 heteroatoms. The van der Waals surface area contributed by atoms with Gasteiger partial charge in [0.15, 0.2) is 5.78 Å². The maximum absolute atomic E-state index is 12.8. The molecule has 2 aromatic carbocycles. The molecule has 3 nitrogen and oxygen atoms in total. The molecule has 0 aromatic heterocycles. The number of thioether (sulfide) groups is 1. The van der Waals surface area contributed by atoms with Crippen molar-refractivity contribution in [3.63, 3.8) is 0 Å². The molecular weight excluding hydrogens is 378 g/mol. The highest BCUT2D eigenvalue weighted by atomic mass is 32.2. The standard InChI is InChI=1S/C25H31NO2S/c27-23(19-26-18-17-25(26)28)24(29-20-22-14-8-4-9-15-22)16-10-2-1-5-11-21-12-6-3-7-13-21/h3-4,6-9,12-15,24H,1-2,5,10-11,16-20H2. The van der Waals surface area contributed by atoms with Gasteiger partial charge in [0.2, 0.25) is 5.91 Å². The molecule has 0 spiro atoms. The van der Waals surface area contributed by atoms with Crippen molar-refractivity contribution in [2.45, 2.75) is 55.9 Å². The molecule has 1 atom stereocenters. The second-order valence-electron chi connectivity index (χ2n) is 7.76. The number of amides is 1. The molecule has 1 heterocycles. The third kappa shape index (κ3) is 7.36. The zero-order valence-corrected chi connectivity index (χ0v) is 17.9. The first-order valence-electron chi connectivity index (χ1n) is 10.7. The quantitative estimate of drug-likeness (QED) is 0.333. The van der Waals surface area contributed by atoms with Crippen LogP contribution in [0.15, 0.2) is 60.7 Å². The Kier molecular flexibility index (Phi) is 8.82. The van der Waals surface area contributed by atoms with E-state index in [4.69, 9.17) is 0 Å². The minimum Gasteiger partial charge on any atom is -0.335 e. The van der Waals surface area contributed by atoms with Crippen molar-refractivity contribution in [1.29, 1.82) is 0 Å². The molecule has 154 valence electrons. The number of unbranched alkanes of at least 4 members (excludes halogenated alkanes) is 3. The molecule has 0 bridgehead atoms. The summed E-state index contributed by atoms with van der Waals surface area (Å²) in [5.41, 5.74) is 2.65. The van der Waals surface area contributed by atoms with E-state index >= 15 is 0 Å². The van der Waals surface area contributed by atoms with Crippen molar-refractivity contribution in [1.82, 2.24) is 4.90 Å². The topological polar surface area (TPSA) is 37.4 Å². The van der Waals surface area contributed by atoms with E-state index in [9.17, 15) is 9.59 Å². The summed E-state index contributed by atoms with van der Waals surface area (Å²) in [4.78, 5) is 26.1. The largest absolute Gasteiger partial charge is 0.335 e. The number of hydrogen-bond donors (Lipinski definition) is 0. The van der Waals surface area contributed by atoms with Gasteiger partial charge in [-0.25, -0.2) is 0 Å². The molecule has 0 N–H and O–H groups in total. The van der Waals surface area contributed by atoms with E-state index in [-0.39, 0.29) is 16.9 Å². The summed E-state index contributed by atoms with van der Waals surface area (Å²) in [5.74, 6) is 1.17. The lowest BCUT2D eigenvalue weighted by Crippen LogP contribution is -2.47. The predicted molar refractivity (Wildman–Crippen MR) is 121 cm³/mol. The number of aryl methyl sites for hydroxylation is 1. The molecule has 0 aliphatic carbocycles. The van der Waals surface area contributed by atoms with E-state index in [1.165, 1.54) is 24.0 Å². The van der Waals surface area contributed by atoms with E-state index < -0.39 is 0 Å². The van der Waals surface area contributed by atoms with Crippen molar-refractivity contribution < 1.29 is 9.59 Å². The zero-order valence-electron chi connectivity index (χ0n) is 17.1. The van der Waals surface area contributed by atoms with Crippen molar-refractivity contribution >= 4 is 23.5 Å². The fourth-order valence-corrected chi connectivity index (χ4v) is 4.76. The maximum atomic E-state index is 12.8. The minimum atomic E-state index is -0.0160. The first kappa shape index (κ1) is 21.6. The Morgan fingerprint density at radius 2 is 1.55 bits per heavy atom. The SMILES string of the molecule is O=C(CN1CCC1=O)C(CCCCCCc1ccccc1)SCc1ccccc1. The van der Waals surface area contributed by atoms with E-state index in [2.05, 4.69) is 42.5 Å². The second-order valence-corrected chi connectivity index (χ2v) is 8.95. The Bertz CT molecular complexity index is 763. The summed E-state index contributed by atoms with van der Waals surface area (Å²) in [6.45, 7) is 1.03.